The van der Waals surface area contributed by atoms with Crippen LogP contribution in [0.4, 0.5) is 5.13 Å². The lowest BCUT2D eigenvalue weighted by molar-refractivity contribution is -0.132. The normalized spacial score (nSPS) is 15.5. The number of aliphatic hydroxyl groups is 1. The lowest BCUT2D eigenvalue weighted by Gasteiger charge is -2.23. The Hall–Kier alpha value is -5.13. The maximum Gasteiger partial charge on any atom is 0.301 e. The van der Waals surface area contributed by atoms with Gasteiger partial charge in [0.1, 0.15) is 18.1 Å². The Morgan fingerprint density at radius 1 is 0.812 bits per heavy atom. The van der Waals surface area contributed by atoms with Gasteiger partial charge in [0.25, 0.3) is 5.78 Å². The molecule has 11 heteroatoms. The van der Waals surface area contributed by atoms with Crippen LogP contribution in [0.25, 0.3) is 5.76 Å². The summed E-state index contributed by atoms with van der Waals surface area (Å²) in [6, 6.07) is 30.7. The van der Waals surface area contributed by atoms with Crippen LogP contribution in [0.3, 0.4) is 0 Å². The van der Waals surface area contributed by atoms with Crippen molar-refractivity contribution in [1.29, 1.82) is 0 Å². The number of benzene rings is 4. The molecule has 0 bridgehead atoms. The monoisotopic (exact) mass is 679 g/mol. The summed E-state index contributed by atoms with van der Waals surface area (Å²) in [6.07, 6.45) is 0. The topological polar surface area (TPSA) is 111 Å². The van der Waals surface area contributed by atoms with E-state index in [1.54, 1.807) is 42.5 Å². The van der Waals surface area contributed by atoms with Crippen molar-refractivity contribution in [3.05, 3.63) is 131 Å². The Morgan fingerprint density at radius 3 is 2.19 bits per heavy atom. The van der Waals surface area contributed by atoms with Crippen LogP contribution in [0.2, 0.25) is 0 Å². The minimum absolute atomic E-state index is 0.0711. The standard InChI is InChI=1S/C37H33N3O6S2/c1-3-44-28-18-15-26(16-19-28)33(41)31-32(27-17-20-29(30(21-27)45-4-2)46-22-24-11-7-5-8-12-24)40(35(43)34(31)42)36-38-39-37(48-36)47-23-25-13-9-6-10-14-25/h5-21,32,41H,3-4,22-23H2,1-2H3/b33-31+. The number of rotatable bonds is 13. The summed E-state index contributed by atoms with van der Waals surface area (Å²) in [5.41, 5.74) is 2.94. The van der Waals surface area contributed by atoms with E-state index in [0.717, 1.165) is 11.1 Å². The summed E-state index contributed by atoms with van der Waals surface area (Å²) in [6.45, 7) is 4.90. The lowest BCUT2D eigenvalue weighted by Crippen LogP contribution is -2.29. The van der Waals surface area contributed by atoms with Gasteiger partial charge in [-0.15, -0.1) is 10.2 Å². The molecule has 1 aromatic heterocycles. The number of aromatic nitrogens is 2. The number of carbonyl (C=O) groups is 2. The molecule has 1 atom stereocenters. The molecule has 0 saturated carbocycles. The second kappa shape index (κ2) is 15.2. The molecule has 1 unspecified atom stereocenters. The van der Waals surface area contributed by atoms with E-state index in [4.69, 9.17) is 14.2 Å². The molecular weight excluding hydrogens is 647 g/mol. The number of hydrogen-bond acceptors (Lipinski definition) is 10. The molecule has 0 aliphatic carbocycles. The zero-order valence-corrected chi connectivity index (χ0v) is 28.0. The van der Waals surface area contributed by atoms with Crippen molar-refractivity contribution in [2.24, 2.45) is 0 Å². The quantitative estimate of drug-likeness (QED) is 0.0438. The first-order valence-corrected chi connectivity index (χ1v) is 17.2. The smallest absolute Gasteiger partial charge is 0.301 e. The Morgan fingerprint density at radius 2 is 1.50 bits per heavy atom. The highest BCUT2D eigenvalue weighted by Crippen LogP contribution is 2.46. The number of thioether (sulfide) groups is 1. The minimum Gasteiger partial charge on any atom is -0.507 e. The average molecular weight is 680 g/mol. The SMILES string of the molecule is CCOc1ccc(/C(O)=C2\C(=O)C(=O)N(c3nnc(SCc4ccccc4)s3)C2c2ccc(OCc3ccccc3)c(OCC)c2)cc1. The summed E-state index contributed by atoms with van der Waals surface area (Å²) >= 11 is 2.70. The molecule has 48 heavy (non-hydrogen) atoms. The fraction of sp³-hybridized carbons (Fsp3) is 0.189. The van der Waals surface area contributed by atoms with Gasteiger partial charge in [-0.2, -0.15) is 0 Å². The predicted octanol–water partition coefficient (Wildman–Crippen LogP) is 7.83. The Labute approximate surface area is 286 Å². The summed E-state index contributed by atoms with van der Waals surface area (Å²) < 4.78 is 18.3. The van der Waals surface area contributed by atoms with Crippen molar-refractivity contribution in [2.75, 3.05) is 18.1 Å². The highest BCUT2D eigenvalue weighted by atomic mass is 32.2. The zero-order valence-electron chi connectivity index (χ0n) is 26.4. The second-order valence-electron chi connectivity index (χ2n) is 10.7. The minimum atomic E-state index is -1.01. The first-order valence-electron chi connectivity index (χ1n) is 15.4. The number of anilines is 1. The Kier molecular flexibility index (Phi) is 10.4. The van der Waals surface area contributed by atoms with Gasteiger partial charge < -0.3 is 19.3 Å². The molecule has 0 spiro atoms. The molecule has 1 saturated heterocycles. The molecule has 1 fully saturated rings. The van der Waals surface area contributed by atoms with Gasteiger partial charge in [-0.3, -0.25) is 14.5 Å². The lowest BCUT2D eigenvalue weighted by atomic mass is 9.95. The largest absolute Gasteiger partial charge is 0.507 e. The third-order valence-electron chi connectivity index (χ3n) is 7.51. The van der Waals surface area contributed by atoms with Crippen LogP contribution in [0, 0.1) is 0 Å². The summed E-state index contributed by atoms with van der Waals surface area (Å²) in [5, 5.41) is 20.5. The highest BCUT2D eigenvalue weighted by Gasteiger charge is 2.48. The van der Waals surface area contributed by atoms with Crippen LogP contribution in [0.15, 0.2) is 113 Å². The number of nitrogens with zero attached hydrogens (tertiary/aromatic N) is 3. The van der Waals surface area contributed by atoms with Gasteiger partial charge in [-0.25, -0.2) is 0 Å². The van der Waals surface area contributed by atoms with Crippen LogP contribution < -0.4 is 19.1 Å². The maximum atomic E-state index is 13.8. The number of aliphatic hydroxyl groups excluding tert-OH is 1. The number of Topliss-reactive ketones (excluding diaryl/α,β-unsaturated/α-hetero) is 1. The van der Waals surface area contributed by atoms with Crippen LogP contribution in [-0.4, -0.2) is 40.2 Å². The van der Waals surface area contributed by atoms with Crippen LogP contribution >= 0.6 is 23.1 Å². The fourth-order valence-electron chi connectivity index (χ4n) is 5.27. The molecular formula is C37H33N3O6S2. The van der Waals surface area contributed by atoms with E-state index < -0.39 is 17.7 Å². The second-order valence-corrected chi connectivity index (χ2v) is 12.8. The van der Waals surface area contributed by atoms with E-state index in [2.05, 4.69) is 10.2 Å². The van der Waals surface area contributed by atoms with Crippen LogP contribution in [0.5, 0.6) is 17.2 Å². The molecule has 4 aromatic carbocycles. The summed E-state index contributed by atoms with van der Waals surface area (Å²) in [5.74, 6) is 0.269. The number of amides is 1. The maximum absolute atomic E-state index is 13.8. The van der Waals surface area contributed by atoms with Crippen molar-refractivity contribution in [2.45, 2.75) is 36.6 Å². The molecule has 5 aromatic rings. The van der Waals surface area contributed by atoms with E-state index in [1.807, 2.05) is 74.5 Å². The van der Waals surface area contributed by atoms with Gasteiger partial charge in [-0.05, 0) is 66.9 Å². The summed E-state index contributed by atoms with van der Waals surface area (Å²) in [4.78, 5) is 28.9. The highest BCUT2D eigenvalue weighted by molar-refractivity contribution is 8.00. The number of carbonyl (C=O) groups excluding carboxylic acids is 2. The number of ketones is 1. The summed E-state index contributed by atoms with van der Waals surface area (Å²) in [7, 11) is 0. The third kappa shape index (κ3) is 7.22. The van der Waals surface area contributed by atoms with Crippen LogP contribution in [0.1, 0.15) is 42.1 Å². The van der Waals surface area contributed by atoms with E-state index >= 15 is 0 Å². The van der Waals surface area contributed by atoms with Crippen molar-refractivity contribution in [3.63, 3.8) is 0 Å². The van der Waals surface area contributed by atoms with Gasteiger partial charge in [0, 0.05) is 11.3 Å². The molecule has 0 radical (unpaired) electrons. The van der Waals surface area contributed by atoms with E-state index in [1.165, 1.54) is 28.0 Å². The van der Waals surface area contributed by atoms with E-state index in [9.17, 15) is 14.7 Å². The van der Waals surface area contributed by atoms with Gasteiger partial charge in [0.2, 0.25) is 5.13 Å². The fourth-order valence-corrected chi connectivity index (χ4v) is 7.09. The van der Waals surface area contributed by atoms with Crippen molar-refractivity contribution in [3.8, 4) is 17.2 Å². The molecule has 1 N–H and O–H groups in total. The van der Waals surface area contributed by atoms with Crippen molar-refractivity contribution in [1.82, 2.24) is 10.2 Å². The molecule has 9 nitrogen and oxygen atoms in total. The van der Waals surface area contributed by atoms with Gasteiger partial charge in [0.05, 0.1) is 24.8 Å². The third-order valence-corrected chi connectivity index (χ3v) is 9.64. The van der Waals surface area contributed by atoms with Crippen molar-refractivity contribution >= 4 is 45.7 Å². The van der Waals surface area contributed by atoms with Gasteiger partial charge in [0.15, 0.2) is 15.8 Å². The van der Waals surface area contributed by atoms with Gasteiger partial charge >= 0.3 is 5.91 Å². The average Bonchev–Trinajstić information content (AvgIpc) is 3.69. The van der Waals surface area contributed by atoms with Crippen LogP contribution in [-0.2, 0) is 21.9 Å². The van der Waals surface area contributed by atoms with Crippen molar-refractivity contribution < 1.29 is 28.9 Å². The molecule has 1 aliphatic heterocycles. The first kappa shape index (κ1) is 32.8. The van der Waals surface area contributed by atoms with E-state index in [0.29, 0.717) is 58.3 Å². The zero-order chi connectivity index (χ0) is 33.5. The molecule has 1 amide bonds. The van der Waals surface area contributed by atoms with E-state index in [-0.39, 0.29) is 16.5 Å². The Bertz CT molecular complexity index is 1910. The molecule has 6 rings (SSSR count). The molecule has 2 heterocycles. The predicted molar refractivity (Wildman–Crippen MR) is 187 cm³/mol. The number of ether oxygens (including phenoxy) is 3. The number of hydrogen-bond donors (Lipinski definition) is 1. The molecule has 1 aliphatic rings. The van der Waals surface area contributed by atoms with Gasteiger partial charge in [-0.1, -0.05) is 89.8 Å². The molecule has 244 valence electrons. The Balaban J connectivity index is 1.39. The first-order chi connectivity index (χ1) is 23.5.